The SMILES string of the molecule is Cc1ccc2c(n1)CN(C(C)C)C(=O)c1ncn3c(NCc4c(F)ccc5c4C(=O)CO5)ncc-2c13. The number of anilines is 1. The van der Waals surface area contributed by atoms with Gasteiger partial charge in [0, 0.05) is 41.2 Å². The number of imidazole rings is 1. The van der Waals surface area contributed by atoms with Crippen molar-refractivity contribution in [3.8, 4) is 16.9 Å². The van der Waals surface area contributed by atoms with Crippen molar-refractivity contribution in [1.82, 2.24) is 24.3 Å². The van der Waals surface area contributed by atoms with Crippen LogP contribution in [0.4, 0.5) is 10.3 Å². The standard InChI is InChI=1S/C26H23FN6O3/c1-13(2)32-10-19-15(5-4-14(3)31-19)16-8-28-26(33-12-30-23(24(16)33)25(32)35)29-9-17-18(27)6-7-21-22(17)20(34)11-36-21/h4-8,12-13H,9-11H2,1-3H3,(H,28,29). The second-order valence-electron chi connectivity index (χ2n) is 9.25. The fraction of sp³-hybridized carbons (Fsp3) is 0.269. The van der Waals surface area contributed by atoms with Crippen LogP contribution in [0.25, 0.3) is 16.6 Å². The molecule has 3 aromatic heterocycles. The Kier molecular flexibility index (Phi) is 4.99. The minimum Gasteiger partial charge on any atom is -0.485 e. The molecule has 0 aliphatic carbocycles. The van der Waals surface area contributed by atoms with Gasteiger partial charge in [-0.15, -0.1) is 0 Å². The lowest BCUT2D eigenvalue weighted by molar-refractivity contribution is 0.0684. The highest BCUT2D eigenvalue weighted by molar-refractivity contribution is 6.05. The molecule has 0 unspecified atom stereocenters. The monoisotopic (exact) mass is 486 g/mol. The molecule has 6 rings (SSSR count). The second kappa shape index (κ2) is 8.11. The van der Waals surface area contributed by atoms with E-state index >= 15 is 0 Å². The lowest BCUT2D eigenvalue weighted by Crippen LogP contribution is -2.37. The molecule has 2 aliphatic heterocycles. The van der Waals surface area contributed by atoms with E-state index in [1.165, 1.54) is 18.5 Å². The average molecular weight is 487 g/mol. The predicted molar refractivity (Wildman–Crippen MR) is 130 cm³/mol. The number of Topliss-reactive ketones (excluding diaryl/α,β-unsaturated/α-hetero) is 1. The quantitative estimate of drug-likeness (QED) is 0.468. The normalized spacial score (nSPS) is 14.5. The van der Waals surface area contributed by atoms with E-state index in [4.69, 9.17) is 9.72 Å². The Balaban J connectivity index is 1.48. The van der Waals surface area contributed by atoms with Crippen LogP contribution in [0.15, 0.2) is 36.8 Å². The number of aromatic nitrogens is 4. The van der Waals surface area contributed by atoms with Crippen molar-refractivity contribution in [2.45, 2.75) is 39.9 Å². The molecule has 9 nitrogen and oxygen atoms in total. The first kappa shape index (κ1) is 22.1. The Labute approximate surface area is 206 Å². The largest absolute Gasteiger partial charge is 0.485 e. The number of fused-ring (bicyclic) bond motifs is 3. The molecule has 1 aromatic carbocycles. The Morgan fingerprint density at radius 1 is 1.14 bits per heavy atom. The summed E-state index contributed by atoms with van der Waals surface area (Å²) in [4.78, 5) is 41.3. The number of rotatable bonds is 4. The Bertz CT molecular complexity index is 1580. The van der Waals surface area contributed by atoms with Crippen molar-refractivity contribution in [2.24, 2.45) is 0 Å². The van der Waals surface area contributed by atoms with Gasteiger partial charge in [-0.25, -0.2) is 14.4 Å². The first-order valence-electron chi connectivity index (χ1n) is 11.7. The van der Waals surface area contributed by atoms with E-state index in [-0.39, 0.29) is 42.0 Å². The summed E-state index contributed by atoms with van der Waals surface area (Å²) in [6.07, 6.45) is 3.21. The number of halogens is 1. The summed E-state index contributed by atoms with van der Waals surface area (Å²) in [7, 11) is 0. The highest BCUT2D eigenvalue weighted by Gasteiger charge is 2.31. The van der Waals surface area contributed by atoms with E-state index in [0.29, 0.717) is 29.5 Å². The number of aryl methyl sites for hydroxylation is 1. The third kappa shape index (κ3) is 3.32. The number of benzene rings is 1. The average Bonchev–Trinajstić information content (AvgIpc) is 3.45. The summed E-state index contributed by atoms with van der Waals surface area (Å²) in [5, 5.41) is 3.13. The Hall–Kier alpha value is -4.34. The molecule has 1 amide bonds. The van der Waals surface area contributed by atoms with E-state index in [1.807, 2.05) is 32.9 Å². The minimum atomic E-state index is -0.508. The molecule has 10 heteroatoms. The number of pyridine rings is 1. The first-order chi connectivity index (χ1) is 17.3. The second-order valence-corrected chi connectivity index (χ2v) is 9.25. The minimum absolute atomic E-state index is 0.00245. The summed E-state index contributed by atoms with van der Waals surface area (Å²) in [5.41, 5.74) is 4.61. The molecule has 0 atom stereocenters. The van der Waals surface area contributed by atoms with Crippen LogP contribution >= 0.6 is 0 Å². The molecule has 0 saturated heterocycles. The fourth-order valence-corrected chi connectivity index (χ4v) is 4.84. The van der Waals surface area contributed by atoms with E-state index in [0.717, 1.165) is 22.5 Å². The first-order valence-corrected chi connectivity index (χ1v) is 11.7. The van der Waals surface area contributed by atoms with Crippen LogP contribution in [0.1, 0.15) is 51.6 Å². The Morgan fingerprint density at radius 2 is 1.97 bits per heavy atom. The van der Waals surface area contributed by atoms with Crippen LogP contribution in [0.5, 0.6) is 5.75 Å². The molecule has 5 heterocycles. The summed E-state index contributed by atoms with van der Waals surface area (Å²) in [5.74, 6) is -0.235. The molecule has 2 aliphatic rings. The maximum atomic E-state index is 14.7. The van der Waals surface area contributed by atoms with Gasteiger partial charge in [0.25, 0.3) is 5.91 Å². The molecule has 0 spiro atoms. The molecule has 0 radical (unpaired) electrons. The predicted octanol–water partition coefficient (Wildman–Crippen LogP) is 3.79. The van der Waals surface area contributed by atoms with Gasteiger partial charge in [-0.3, -0.25) is 19.0 Å². The molecule has 1 N–H and O–H groups in total. The van der Waals surface area contributed by atoms with E-state index in [9.17, 15) is 14.0 Å². The molecule has 36 heavy (non-hydrogen) atoms. The van der Waals surface area contributed by atoms with Crippen LogP contribution in [0, 0.1) is 12.7 Å². The number of amides is 1. The fourth-order valence-electron chi connectivity index (χ4n) is 4.84. The lowest BCUT2D eigenvalue weighted by Gasteiger charge is -2.29. The van der Waals surface area contributed by atoms with Gasteiger partial charge in [0.2, 0.25) is 11.7 Å². The number of hydrogen-bond acceptors (Lipinski definition) is 7. The summed E-state index contributed by atoms with van der Waals surface area (Å²) < 4.78 is 21.7. The molecule has 4 aromatic rings. The maximum Gasteiger partial charge on any atom is 0.275 e. The number of nitrogens with zero attached hydrogens (tertiary/aromatic N) is 5. The van der Waals surface area contributed by atoms with Gasteiger partial charge < -0.3 is 15.0 Å². The van der Waals surface area contributed by atoms with Crippen molar-refractivity contribution in [3.05, 3.63) is 70.8 Å². The highest BCUT2D eigenvalue weighted by Crippen LogP contribution is 2.35. The molecular weight excluding hydrogens is 463 g/mol. The van der Waals surface area contributed by atoms with Crippen LogP contribution < -0.4 is 10.1 Å². The van der Waals surface area contributed by atoms with Crippen molar-refractivity contribution in [2.75, 3.05) is 11.9 Å². The van der Waals surface area contributed by atoms with Crippen LogP contribution in [-0.2, 0) is 13.1 Å². The van der Waals surface area contributed by atoms with Gasteiger partial charge in [-0.2, -0.15) is 0 Å². The van der Waals surface area contributed by atoms with E-state index in [1.54, 1.807) is 15.5 Å². The Morgan fingerprint density at radius 3 is 2.78 bits per heavy atom. The van der Waals surface area contributed by atoms with Crippen molar-refractivity contribution in [3.63, 3.8) is 0 Å². The van der Waals surface area contributed by atoms with Crippen molar-refractivity contribution >= 4 is 23.2 Å². The van der Waals surface area contributed by atoms with Crippen LogP contribution in [0.3, 0.4) is 0 Å². The van der Waals surface area contributed by atoms with Crippen molar-refractivity contribution in [1.29, 1.82) is 0 Å². The summed E-state index contributed by atoms with van der Waals surface area (Å²) >= 11 is 0. The lowest BCUT2D eigenvalue weighted by atomic mass is 10.0. The van der Waals surface area contributed by atoms with E-state index in [2.05, 4.69) is 15.3 Å². The number of carbonyl (C=O) groups is 2. The van der Waals surface area contributed by atoms with Crippen molar-refractivity contribution < 1.29 is 18.7 Å². The van der Waals surface area contributed by atoms with E-state index < -0.39 is 5.82 Å². The molecule has 0 fully saturated rings. The van der Waals surface area contributed by atoms with Gasteiger partial charge in [-0.1, -0.05) is 6.07 Å². The number of carbonyl (C=O) groups excluding carboxylic acids is 2. The number of ketones is 1. The highest BCUT2D eigenvalue weighted by atomic mass is 19.1. The zero-order valence-electron chi connectivity index (χ0n) is 20.0. The van der Waals surface area contributed by atoms with Gasteiger partial charge in [-0.05, 0) is 39.0 Å². The van der Waals surface area contributed by atoms with Gasteiger partial charge in [0.1, 0.15) is 17.9 Å². The zero-order chi connectivity index (χ0) is 25.1. The van der Waals surface area contributed by atoms with Crippen LogP contribution in [-0.4, -0.2) is 48.6 Å². The topological polar surface area (TPSA) is 102 Å². The molecule has 182 valence electrons. The third-order valence-corrected chi connectivity index (χ3v) is 6.66. The number of ether oxygens (including phenoxy) is 1. The zero-order valence-corrected chi connectivity index (χ0v) is 20.0. The van der Waals surface area contributed by atoms with Gasteiger partial charge >= 0.3 is 0 Å². The number of nitrogens with one attached hydrogen (secondary N) is 1. The summed E-state index contributed by atoms with van der Waals surface area (Å²) in [6, 6.07) is 6.60. The maximum absolute atomic E-state index is 14.7. The van der Waals surface area contributed by atoms with Gasteiger partial charge in [0.15, 0.2) is 12.3 Å². The smallest absolute Gasteiger partial charge is 0.275 e. The van der Waals surface area contributed by atoms with Crippen LogP contribution in [0.2, 0.25) is 0 Å². The molecular formula is C26H23FN6O3. The third-order valence-electron chi connectivity index (χ3n) is 6.66. The molecule has 0 saturated carbocycles. The summed E-state index contributed by atoms with van der Waals surface area (Å²) in [6.45, 7) is 6.10. The van der Waals surface area contributed by atoms with Gasteiger partial charge in [0.05, 0.1) is 23.3 Å². The molecule has 0 bridgehead atoms. The number of hydrogen-bond donors (Lipinski definition) is 1.